The summed E-state index contributed by atoms with van der Waals surface area (Å²) < 4.78 is 2.26. The van der Waals surface area contributed by atoms with Crippen molar-refractivity contribution in [2.45, 2.75) is 46.2 Å². The van der Waals surface area contributed by atoms with Gasteiger partial charge in [-0.05, 0) is 17.9 Å². The number of nitrogens with one attached hydrogen (secondary N) is 1. The number of carbonyl (C=O) groups is 1. The predicted molar refractivity (Wildman–Crippen MR) is 111 cm³/mol. The molecule has 1 unspecified atom stereocenters. The van der Waals surface area contributed by atoms with Gasteiger partial charge in [0.1, 0.15) is 24.5 Å². The van der Waals surface area contributed by atoms with E-state index in [1.807, 2.05) is 14.0 Å². The zero-order valence-electron chi connectivity index (χ0n) is 17.4. The molecule has 152 valence electrons. The van der Waals surface area contributed by atoms with Crippen LogP contribution in [0.5, 0.6) is 0 Å². The first kappa shape index (κ1) is 21.6. The Bertz CT molecular complexity index is 955. The quantitative estimate of drug-likeness (QED) is 0.648. The fraction of sp³-hybridized carbons (Fsp3) is 0.476. The summed E-state index contributed by atoms with van der Waals surface area (Å²) in [5, 5.41) is 0. The normalized spacial score (nSPS) is 12.4. The Hall–Kier alpha value is -2.67. The lowest BCUT2D eigenvalue weighted by Gasteiger charge is -2.16. The van der Waals surface area contributed by atoms with Crippen molar-refractivity contribution >= 4 is 11.6 Å². The molecule has 7 nitrogen and oxygen atoms in total. The highest BCUT2D eigenvalue weighted by Crippen LogP contribution is 2.14. The van der Waals surface area contributed by atoms with E-state index in [1.54, 1.807) is 0 Å². The molecule has 0 saturated carbocycles. The molecular formula is C21H31N4O3+. The van der Waals surface area contributed by atoms with Crippen LogP contribution >= 0.6 is 0 Å². The maximum atomic E-state index is 12.8. The second-order valence-corrected chi connectivity index (χ2v) is 7.69. The summed E-state index contributed by atoms with van der Waals surface area (Å²) in [5.41, 5.74) is 7.20. The van der Waals surface area contributed by atoms with E-state index < -0.39 is 11.2 Å². The third-order valence-corrected chi connectivity index (χ3v) is 4.92. The molecule has 0 amide bonds. The van der Waals surface area contributed by atoms with Gasteiger partial charge in [0.25, 0.3) is 5.56 Å². The second-order valence-electron chi connectivity index (χ2n) is 7.69. The third-order valence-electron chi connectivity index (χ3n) is 4.92. The molecule has 3 N–H and O–H groups in total. The Balaban J connectivity index is 2.22. The number of ketones is 1. The molecule has 0 radical (unpaired) electrons. The van der Waals surface area contributed by atoms with Gasteiger partial charge in [-0.15, -0.1) is 0 Å². The molecule has 0 fully saturated rings. The number of benzene rings is 1. The van der Waals surface area contributed by atoms with Gasteiger partial charge in [0.05, 0.1) is 7.05 Å². The standard InChI is InChI=1S/C21H30N4O3/c1-6-11-25-19(22)18(20(27)24(5)21(25)28)17(26)13-23(4)12-15-7-9-16(10-8-15)14(2)3/h7-10,14H,6,11-13,22H2,1-5H3/p+1. The minimum atomic E-state index is -0.631. The lowest BCUT2D eigenvalue weighted by atomic mass is 10.0. The highest BCUT2D eigenvalue weighted by molar-refractivity contribution is 6.00. The topological polar surface area (TPSA) is 91.5 Å². The molecule has 0 spiro atoms. The summed E-state index contributed by atoms with van der Waals surface area (Å²) in [5.74, 6) is 0.0898. The first-order valence-corrected chi connectivity index (χ1v) is 9.69. The molecule has 0 aliphatic heterocycles. The van der Waals surface area contributed by atoms with Gasteiger partial charge in [-0.1, -0.05) is 45.0 Å². The Morgan fingerprint density at radius 1 is 1.18 bits per heavy atom. The molecule has 1 heterocycles. The summed E-state index contributed by atoms with van der Waals surface area (Å²) in [7, 11) is 3.27. The number of aromatic nitrogens is 2. The Morgan fingerprint density at radius 2 is 1.79 bits per heavy atom. The molecule has 0 saturated heterocycles. The molecular weight excluding hydrogens is 356 g/mol. The van der Waals surface area contributed by atoms with Crippen molar-refractivity contribution < 1.29 is 9.69 Å². The zero-order valence-corrected chi connectivity index (χ0v) is 17.4. The number of hydrogen-bond acceptors (Lipinski definition) is 4. The lowest BCUT2D eigenvalue weighted by molar-refractivity contribution is -0.884. The maximum absolute atomic E-state index is 12.8. The molecule has 1 aromatic heterocycles. The second kappa shape index (κ2) is 9.01. The van der Waals surface area contributed by atoms with Crippen molar-refractivity contribution in [2.75, 3.05) is 19.3 Å². The van der Waals surface area contributed by atoms with Gasteiger partial charge in [-0.3, -0.25) is 18.7 Å². The number of likely N-dealkylation sites (N-methyl/N-ethyl adjacent to an activating group) is 1. The van der Waals surface area contributed by atoms with Crippen molar-refractivity contribution in [3.05, 3.63) is 61.8 Å². The van der Waals surface area contributed by atoms with Crippen LogP contribution in [0.3, 0.4) is 0 Å². The van der Waals surface area contributed by atoms with Crippen LogP contribution in [0.2, 0.25) is 0 Å². The van der Waals surface area contributed by atoms with Crippen molar-refractivity contribution in [1.82, 2.24) is 9.13 Å². The average molecular weight is 388 g/mol. The van der Waals surface area contributed by atoms with Crippen molar-refractivity contribution in [3.63, 3.8) is 0 Å². The van der Waals surface area contributed by atoms with Crippen LogP contribution in [0.1, 0.15) is 54.6 Å². The van der Waals surface area contributed by atoms with Gasteiger partial charge in [-0.2, -0.15) is 0 Å². The van der Waals surface area contributed by atoms with Gasteiger partial charge in [0, 0.05) is 19.2 Å². The minimum Gasteiger partial charge on any atom is -0.384 e. The van der Waals surface area contributed by atoms with Crippen LogP contribution in [0, 0.1) is 0 Å². The summed E-state index contributed by atoms with van der Waals surface area (Å²) in [6.45, 7) is 7.33. The highest BCUT2D eigenvalue weighted by atomic mass is 16.2. The molecule has 1 aromatic carbocycles. The fourth-order valence-corrected chi connectivity index (χ4v) is 3.28. The zero-order chi connectivity index (χ0) is 21.0. The van der Waals surface area contributed by atoms with E-state index in [2.05, 4.69) is 38.1 Å². The summed E-state index contributed by atoms with van der Waals surface area (Å²) in [6, 6.07) is 8.34. The van der Waals surface area contributed by atoms with Gasteiger partial charge in [0.15, 0.2) is 0 Å². The predicted octanol–water partition coefficient (Wildman–Crippen LogP) is 0.560. The first-order valence-electron chi connectivity index (χ1n) is 9.69. The first-order chi connectivity index (χ1) is 13.2. The summed E-state index contributed by atoms with van der Waals surface area (Å²) in [6.07, 6.45) is 0.674. The number of carbonyl (C=O) groups excluding carboxylic acids is 1. The number of anilines is 1. The molecule has 28 heavy (non-hydrogen) atoms. The maximum Gasteiger partial charge on any atom is 0.332 e. The van der Waals surface area contributed by atoms with Crippen LogP contribution in [0.4, 0.5) is 5.82 Å². The molecule has 1 atom stereocenters. The summed E-state index contributed by atoms with van der Waals surface area (Å²) in [4.78, 5) is 38.5. The van der Waals surface area contributed by atoms with E-state index in [1.165, 1.54) is 17.2 Å². The van der Waals surface area contributed by atoms with E-state index in [0.717, 1.165) is 15.0 Å². The molecule has 7 heteroatoms. The highest BCUT2D eigenvalue weighted by Gasteiger charge is 2.23. The smallest absolute Gasteiger partial charge is 0.332 e. The van der Waals surface area contributed by atoms with Gasteiger partial charge < -0.3 is 10.6 Å². The number of nitrogen functional groups attached to an aromatic ring is 1. The number of Topliss-reactive ketones (excluding diaryl/α,β-unsaturated/α-hetero) is 1. The molecule has 2 aromatic rings. The van der Waals surface area contributed by atoms with E-state index in [4.69, 9.17) is 5.73 Å². The van der Waals surface area contributed by atoms with Crippen LogP contribution in [-0.4, -0.2) is 28.5 Å². The Kier molecular flexibility index (Phi) is 6.96. The Labute approximate surface area is 165 Å². The van der Waals surface area contributed by atoms with Crippen LogP contribution in [-0.2, 0) is 20.1 Å². The summed E-state index contributed by atoms with van der Waals surface area (Å²) >= 11 is 0. The van der Waals surface area contributed by atoms with Gasteiger partial charge in [0.2, 0.25) is 5.78 Å². The van der Waals surface area contributed by atoms with Crippen molar-refractivity contribution in [3.8, 4) is 0 Å². The molecule has 0 bridgehead atoms. The molecule has 2 rings (SSSR count). The van der Waals surface area contributed by atoms with Crippen LogP contribution in [0.15, 0.2) is 33.9 Å². The largest absolute Gasteiger partial charge is 0.384 e. The van der Waals surface area contributed by atoms with E-state index in [9.17, 15) is 14.4 Å². The number of hydrogen-bond donors (Lipinski definition) is 2. The molecule has 0 aliphatic carbocycles. The van der Waals surface area contributed by atoms with Crippen molar-refractivity contribution in [2.24, 2.45) is 7.05 Å². The van der Waals surface area contributed by atoms with E-state index in [-0.39, 0.29) is 23.7 Å². The SMILES string of the molecule is CCCn1c(N)c(C(=O)C[NH+](C)Cc2ccc(C(C)C)cc2)c(=O)n(C)c1=O. The fourth-order valence-electron chi connectivity index (χ4n) is 3.28. The number of quaternary nitrogens is 1. The third kappa shape index (κ3) is 4.59. The number of nitrogens with zero attached hydrogens (tertiary/aromatic N) is 2. The molecule has 0 aliphatic rings. The average Bonchev–Trinajstić information content (AvgIpc) is 2.64. The number of rotatable bonds is 8. The minimum absolute atomic E-state index is 0.0333. The van der Waals surface area contributed by atoms with Crippen molar-refractivity contribution in [1.29, 1.82) is 0 Å². The van der Waals surface area contributed by atoms with E-state index in [0.29, 0.717) is 25.4 Å². The van der Waals surface area contributed by atoms with Gasteiger partial charge >= 0.3 is 5.69 Å². The monoisotopic (exact) mass is 387 g/mol. The number of nitrogens with two attached hydrogens (primary N) is 1. The Morgan fingerprint density at radius 3 is 2.32 bits per heavy atom. The van der Waals surface area contributed by atoms with Crippen LogP contribution < -0.4 is 21.9 Å². The van der Waals surface area contributed by atoms with Crippen LogP contribution in [0.25, 0.3) is 0 Å². The van der Waals surface area contributed by atoms with Gasteiger partial charge in [-0.25, -0.2) is 4.79 Å². The van der Waals surface area contributed by atoms with E-state index >= 15 is 0 Å². The lowest BCUT2D eigenvalue weighted by Crippen LogP contribution is -3.08.